The van der Waals surface area contributed by atoms with Crippen LogP contribution in [0.5, 0.6) is 0 Å². The maximum Gasteiger partial charge on any atom is 0.158 e. The maximum atomic E-state index is 5.25. The van der Waals surface area contributed by atoms with Gasteiger partial charge in [-0.3, -0.25) is 0 Å². The van der Waals surface area contributed by atoms with Crippen molar-refractivity contribution in [3.05, 3.63) is 0 Å². The predicted octanol–water partition coefficient (Wildman–Crippen LogP) is 1.53. The molecule has 0 aromatic heterocycles. The minimum absolute atomic E-state index is 0.0168. The number of hydrogen-bond donors (Lipinski definition) is 0. The van der Waals surface area contributed by atoms with Gasteiger partial charge in [0.2, 0.25) is 0 Å². The fraction of sp³-hybridized carbons (Fsp3) is 1.00. The van der Waals surface area contributed by atoms with Crippen LogP contribution < -0.4 is 0 Å². The second kappa shape index (κ2) is 3.54. The van der Waals surface area contributed by atoms with E-state index in [0.29, 0.717) is 4.83 Å². The number of alkyl halides is 1. The first-order chi connectivity index (χ1) is 4.33. The van der Waals surface area contributed by atoms with E-state index in [1.807, 2.05) is 0 Å². The minimum Gasteiger partial charge on any atom is -0.356 e. The second-order valence-electron chi connectivity index (χ2n) is 2.16. The molecule has 2 atom stereocenters. The summed E-state index contributed by atoms with van der Waals surface area (Å²) in [6.07, 6.45) is 2.08. The molecule has 1 rings (SSSR count). The van der Waals surface area contributed by atoms with Gasteiger partial charge in [0.15, 0.2) is 6.29 Å². The molecule has 1 aliphatic heterocycles. The lowest BCUT2D eigenvalue weighted by Gasteiger charge is -2.24. The Bertz CT molecular complexity index is 87.1. The number of rotatable bonds is 1. The molecule has 0 aliphatic carbocycles. The van der Waals surface area contributed by atoms with E-state index in [2.05, 4.69) is 15.9 Å². The zero-order valence-corrected chi connectivity index (χ0v) is 7.06. The average Bonchev–Trinajstić information content (AvgIpc) is 1.88. The summed E-state index contributed by atoms with van der Waals surface area (Å²) in [6.45, 7) is 0.814. The standard InChI is InChI=1S/C6H11BrO2/c1-8-6-4-5(7)2-3-9-6/h5-6H,2-4H2,1H3. The van der Waals surface area contributed by atoms with Gasteiger partial charge < -0.3 is 9.47 Å². The second-order valence-corrected chi connectivity index (χ2v) is 3.45. The van der Waals surface area contributed by atoms with Crippen molar-refractivity contribution in [3.63, 3.8) is 0 Å². The summed E-state index contributed by atoms with van der Waals surface area (Å²) in [5.41, 5.74) is 0. The van der Waals surface area contributed by atoms with E-state index in [-0.39, 0.29) is 6.29 Å². The van der Waals surface area contributed by atoms with Gasteiger partial charge in [-0.15, -0.1) is 0 Å². The predicted molar refractivity (Wildman–Crippen MR) is 38.7 cm³/mol. The van der Waals surface area contributed by atoms with Gasteiger partial charge in [0.25, 0.3) is 0 Å². The summed E-state index contributed by atoms with van der Waals surface area (Å²) in [5.74, 6) is 0. The molecule has 0 spiro atoms. The molecule has 2 unspecified atom stereocenters. The van der Waals surface area contributed by atoms with Crippen LogP contribution in [0.3, 0.4) is 0 Å². The van der Waals surface area contributed by atoms with Crippen molar-refractivity contribution in [2.24, 2.45) is 0 Å². The van der Waals surface area contributed by atoms with Gasteiger partial charge in [0.1, 0.15) is 0 Å². The van der Waals surface area contributed by atoms with Gasteiger partial charge in [-0.2, -0.15) is 0 Å². The lowest BCUT2D eigenvalue weighted by Crippen LogP contribution is -2.26. The molecule has 9 heavy (non-hydrogen) atoms. The fourth-order valence-corrected chi connectivity index (χ4v) is 1.38. The van der Waals surface area contributed by atoms with Gasteiger partial charge in [-0.1, -0.05) is 15.9 Å². The van der Waals surface area contributed by atoms with E-state index in [4.69, 9.17) is 9.47 Å². The molecule has 2 nitrogen and oxygen atoms in total. The van der Waals surface area contributed by atoms with Gasteiger partial charge >= 0.3 is 0 Å². The fourth-order valence-electron chi connectivity index (χ4n) is 0.886. The first-order valence-corrected chi connectivity index (χ1v) is 4.03. The van der Waals surface area contributed by atoms with Gasteiger partial charge in [0, 0.05) is 18.4 Å². The van der Waals surface area contributed by atoms with Crippen LogP contribution in [0.25, 0.3) is 0 Å². The van der Waals surface area contributed by atoms with Crippen molar-refractivity contribution in [1.82, 2.24) is 0 Å². The van der Waals surface area contributed by atoms with Crippen molar-refractivity contribution < 1.29 is 9.47 Å². The number of ether oxygens (including phenoxy) is 2. The molecule has 0 saturated carbocycles. The van der Waals surface area contributed by atoms with Crippen LogP contribution in [-0.4, -0.2) is 24.8 Å². The normalized spacial score (nSPS) is 36.7. The Labute approximate surface area is 63.7 Å². The van der Waals surface area contributed by atoms with Crippen molar-refractivity contribution in [1.29, 1.82) is 0 Å². The Morgan fingerprint density at radius 2 is 2.44 bits per heavy atom. The molecule has 54 valence electrons. The van der Waals surface area contributed by atoms with Crippen LogP contribution in [0.1, 0.15) is 12.8 Å². The largest absolute Gasteiger partial charge is 0.356 e. The molecule has 1 aliphatic rings. The van der Waals surface area contributed by atoms with Crippen molar-refractivity contribution in [2.45, 2.75) is 24.0 Å². The molecule has 0 amide bonds. The molecule has 1 heterocycles. The molecule has 1 saturated heterocycles. The van der Waals surface area contributed by atoms with Crippen molar-refractivity contribution in [3.8, 4) is 0 Å². The third-order valence-corrected chi connectivity index (χ3v) is 2.28. The first kappa shape index (κ1) is 7.51. The lowest BCUT2D eigenvalue weighted by molar-refractivity contribution is -0.142. The Morgan fingerprint density at radius 1 is 1.67 bits per heavy atom. The smallest absolute Gasteiger partial charge is 0.158 e. The van der Waals surface area contributed by atoms with E-state index in [1.165, 1.54) is 0 Å². The van der Waals surface area contributed by atoms with Gasteiger partial charge in [-0.05, 0) is 6.42 Å². The summed E-state index contributed by atoms with van der Waals surface area (Å²) < 4.78 is 10.3. The van der Waals surface area contributed by atoms with Crippen molar-refractivity contribution in [2.75, 3.05) is 13.7 Å². The van der Waals surface area contributed by atoms with E-state index >= 15 is 0 Å². The molecule has 0 radical (unpaired) electrons. The molecule has 0 N–H and O–H groups in total. The lowest BCUT2D eigenvalue weighted by atomic mass is 10.2. The summed E-state index contributed by atoms with van der Waals surface area (Å²) in [7, 11) is 1.68. The first-order valence-electron chi connectivity index (χ1n) is 3.11. The summed E-state index contributed by atoms with van der Waals surface area (Å²) in [6, 6.07) is 0. The highest BCUT2D eigenvalue weighted by atomic mass is 79.9. The monoisotopic (exact) mass is 194 g/mol. The Hall–Kier alpha value is 0.400. The molecule has 0 bridgehead atoms. The molecule has 0 aromatic rings. The third kappa shape index (κ3) is 2.24. The highest BCUT2D eigenvalue weighted by molar-refractivity contribution is 9.09. The van der Waals surface area contributed by atoms with Crippen LogP contribution in [-0.2, 0) is 9.47 Å². The quantitative estimate of drug-likeness (QED) is 0.590. The van der Waals surface area contributed by atoms with Crippen LogP contribution in [0.2, 0.25) is 0 Å². The zero-order valence-electron chi connectivity index (χ0n) is 5.47. The number of halogens is 1. The minimum atomic E-state index is 0.0168. The zero-order chi connectivity index (χ0) is 6.69. The SMILES string of the molecule is COC1CC(Br)CCO1. The van der Waals surface area contributed by atoms with Gasteiger partial charge in [-0.25, -0.2) is 0 Å². The number of hydrogen-bond acceptors (Lipinski definition) is 2. The van der Waals surface area contributed by atoms with Crippen LogP contribution in [0, 0.1) is 0 Å². The summed E-state index contributed by atoms with van der Waals surface area (Å²) in [5, 5.41) is 0. The topological polar surface area (TPSA) is 18.5 Å². The van der Waals surface area contributed by atoms with Crippen LogP contribution in [0.4, 0.5) is 0 Å². The molecular formula is C6H11BrO2. The Balaban J connectivity index is 2.23. The van der Waals surface area contributed by atoms with E-state index in [1.54, 1.807) is 7.11 Å². The van der Waals surface area contributed by atoms with E-state index < -0.39 is 0 Å². The highest BCUT2D eigenvalue weighted by Crippen LogP contribution is 2.20. The molecular weight excluding hydrogens is 184 g/mol. The Kier molecular flexibility index (Phi) is 2.95. The van der Waals surface area contributed by atoms with Crippen LogP contribution >= 0.6 is 15.9 Å². The maximum absolute atomic E-state index is 5.25. The average molecular weight is 195 g/mol. The molecule has 3 heteroatoms. The molecule has 0 aromatic carbocycles. The highest BCUT2D eigenvalue weighted by Gasteiger charge is 2.19. The third-order valence-electron chi connectivity index (χ3n) is 1.45. The summed E-state index contributed by atoms with van der Waals surface area (Å²) in [4.78, 5) is 0.580. The van der Waals surface area contributed by atoms with Crippen molar-refractivity contribution >= 4 is 15.9 Å². The number of methoxy groups -OCH3 is 1. The van der Waals surface area contributed by atoms with E-state index in [0.717, 1.165) is 19.4 Å². The molecule has 1 fully saturated rings. The van der Waals surface area contributed by atoms with E-state index in [9.17, 15) is 0 Å². The Morgan fingerprint density at radius 3 is 2.89 bits per heavy atom. The van der Waals surface area contributed by atoms with Gasteiger partial charge in [0.05, 0.1) is 6.61 Å². The van der Waals surface area contributed by atoms with Crippen LogP contribution in [0.15, 0.2) is 0 Å². The summed E-state index contributed by atoms with van der Waals surface area (Å²) >= 11 is 3.51.